The predicted molar refractivity (Wildman–Crippen MR) is 165 cm³/mol. The van der Waals surface area contributed by atoms with Crippen molar-refractivity contribution in [1.82, 2.24) is 0 Å². The molecule has 1 radical (unpaired) electrons. The minimum Gasteiger partial charge on any atom is -0.462 e. The number of unbranched alkanes of at least 4 members (excludes halogenated alkanes) is 5. The molecular formula is C36H65O2. The Bertz CT molecular complexity index is 637. The maximum Gasteiger partial charge on any atom is 0.306 e. The van der Waals surface area contributed by atoms with Gasteiger partial charge in [-0.05, 0) is 92.8 Å². The minimum absolute atomic E-state index is 0.0274. The molecule has 0 aromatic heterocycles. The van der Waals surface area contributed by atoms with Crippen LogP contribution in [0.3, 0.4) is 0 Å². The molecule has 38 heavy (non-hydrogen) atoms. The molecule has 1 saturated carbocycles. The summed E-state index contributed by atoms with van der Waals surface area (Å²) in [5.74, 6) is 5.55. The van der Waals surface area contributed by atoms with Crippen molar-refractivity contribution in [2.45, 2.75) is 163 Å². The maximum atomic E-state index is 12.6. The molecule has 0 N–H and O–H groups in total. The third-order valence-corrected chi connectivity index (χ3v) is 10.1. The van der Waals surface area contributed by atoms with Gasteiger partial charge in [-0.1, -0.05) is 111 Å². The number of esters is 1. The normalized spacial score (nSPS) is 30.9. The van der Waals surface area contributed by atoms with Crippen molar-refractivity contribution in [2.75, 3.05) is 0 Å². The highest BCUT2D eigenvalue weighted by Gasteiger charge is 2.32. The second-order valence-electron chi connectivity index (χ2n) is 13.8. The summed E-state index contributed by atoms with van der Waals surface area (Å²) in [6.07, 6.45) is 29.2. The number of carbonyl (C=O) groups is 1. The van der Waals surface area contributed by atoms with Crippen LogP contribution in [0.5, 0.6) is 0 Å². The lowest BCUT2D eigenvalue weighted by Crippen LogP contribution is -2.26. The lowest BCUT2D eigenvalue weighted by Gasteiger charge is -2.33. The molecule has 2 rings (SSSR count). The first-order valence-electron chi connectivity index (χ1n) is 17.0. The van der Waals surface area contributed by atoms with E-state index in [1.54, 1.807) is 0 Å². The van der Waals surface area contributed by atoms with Crippen LogP contribution in [0.15, 0.2) is 12.2 Å². The predicted octanol–water partition coefficient (Wildman–Crippen LogP) is 11.1. The molecule has 221 valence electrons. The van der Waals surface area contributed by atoms with Gasteiger partial charge in [-0.25, -0.2) is 0 Å². The van der Waals surface area contributed by atoms with Crippen molar-refractivity contribution in [1.29, 1.82) is 0 Å². The van der Waals surface area contributed by atoms with Gasteiger partial charge in [-0.2, -0.15) is 0 Å². The second kappa shape index (κ2) is 19.3. The fourth-order valence-electron chi connectivity index (χ4n) is 7.41. The zero-order valence-electron chi connectivity index (χ0n) is 26.4. The van der Waals surface area contributed by atoms with Crippen LogP contribution in [0.25, 0.3) is 0 Å². The molecule has 0 unspecified atom stereocenters. The van der Waals surface area contributed by atoms with Crippen molar-refractivity contribution in [3.05, 3.63) is 18.6 Å². The molecule has 0 amide bonds. The quantitative estimate of drug-likeness (QED) is 0.135. The minimum atomic E-state index is 0.0274. The Morgan fingerprint density at radius 1 is 0.816 bits per heavy atom. The van der Waals surface area contributed by atoms with Gasteiger partial charge in [0.25, 0.3) is 0 Å². The van der Waals surface area contributed by atoms with Crippen LogP contribution in [-0.4, -0.2) is 12.1 Å². The number of fused-ring (bicyclic) bond motifs is 1. The van der Waals surface area contributed by atoms with Crippen LogP contribution in [-0.2, 0) is 9.53 Å². The van der Waals surface area contributed by atoms with Gasteiger partial charge >= 0.3 is 5.97 Å². The first-order valence-corrected chi connectivity index (χ1v) is 17.0. The van der Waals surface area contributed by atoms with Crippen molar-refractivity contribution >= 4 is 5.97 Å². The molecule has 2 nitrogen and oxygen atoms in total. The average molecular weight is 530 g/mol. The van der Waals surface area contributed by atoms with Crippen molar-refractivity contribution < 1.29 is 9.53 Å². The van der Waals surface area contributed by atoms with E-state index in [0.29, 0.717) is 18.3 Å². The maximum absolute atomic E-state index is 12.6. The number of carbonyl (C=O) groups excluding carboxylic acids is 1. The molecule has 7 atom stereocenters. The highest BCUT2D eigenvalue weighted by atomic mass is 16.5. The molecule has 2 heteroatoms. The summed E-state index contributed by atoms with van der Waals surface area (Å²) in [6.45, 7) is 14.5. The molecule has 0 aromatic rings. The van der Waals surface area contributed by atoms with Crippen molar-refractivity contribution in [3.63, 3.8) is 0 Å². The topological polar surface area (TPSA) is 26.3 Å². The van der Waals surface area contributed by atoms with Crippen molar-refractivity contribution in [2.24, 2.45) is 41.4 Å². The summed E-state index contributed by atoms with van der Waals surface area (Å²) in [4.78, 5) is 12.6. The molecule has 0 heterocycles. The monoisotopic (exact) mass is 529 g/mol. The van der Waals surface area contributed by atoms with Crippen LogP contribution in [0, 0.1) is 47.8 Å². The molecule has 1 fully saturated rings. The van der Waals surface area contributed by atoms with Crippen LogP contribution >= 0.6 is 0 Å². The Hall–Kier alpha value is -0.790. The molecule has 2 aliphatic carbocycles. The number of ether oxygens (including phenoxy) is 1. The lowest BCUT2D eigenvalue weighted by atomic mass is 9.72. The Balaban J connectivity index is 1.88. The summed E-state index contributed by atoms with van der Waals surface area (Å²) in [5, 5.41) is 0. The van der Waals surface area contributed by atoms with E-state index in [1.807, 2.05) is 0 Å². The highest BCUT2D eigenvalue weighted by molar-refractivity contribution is 5.69. The van der Waals surface area contributed by atoms with E-state index in [9.17, 15) is 4.79 Å². The van der Waals surface area contributed by atoms with Crippen LogP contribution in [0.2, 0.25) is 0 Å². The smallest absolute Gasteiger partial charge is 0.306 e. The molecule has 0 saturated heterocycles. The fourth-order valence-corrected chi connectivity index (χ4v) is 7.41. The highest BCUT2D eigenvalue weighted by Crippen LogP contribution is 2.42. The molecule has 0 spiro atoms. The molecule has 0 bridgehead atoms. The molecule has 2 aliphatic rings. The zero-order chi connectivity index (χ0) is 27.8. The summed E-state index contributed by atoms with van der Waals surface area (Å²) >= 11 is 0. The van der Waals surface area contributed by atoms with Crippen LogP contribution < -0.4 is 0 Å². The molecular weight excluding hydrogens is 464 g/mol. The van der Waals surface area contributed by atoms with Gasteiger partial charge in [0, 0.05) is 12.8 Å². The van der Waals surface area contributed by atoms with E-state index in [2.05, 4.69) is 60.1 Å². The largest absolute Gasteiger partial charge is 0.462 e. The Labute approximate surface area is 238 Å². The Kier molecular flexibility index (Phi) is 17.0. The van der Waals surface area contributed by atoms with E-state index in [1.165, 1.54) is 77.0 Å². The van der Waals surface area contributed by atoms with Gasteiger partial charge in [0.05, 0.1) is 0 Å². The standard InChI is InChI=1S/C36H65O2/c1-7-8-9-10-11-12-23-36(37)38-33-21-14-13-19-32-20-16-22-34(29(4)18-15-17-28(2)3)30(5)25-27-35(32)31(6)24-26-33/h13-14,20,28-35H,7-12,15-19,21-27H2,1-6H3/b14-13+/t29-,30+,31+,32+,33-,34-,35-/m1/s1. The summed E-state index contributed by atoms with van der Waals surface area (Å²) < 4.78 is 6.01. The molecule has 0 aliphatic heterocycles. The van der Waals surface area contributed by atoms with E-state index in [-0.39, 0.29) is 12.1 Å². The van der Waals surface area contributed by atoms with Gasteiger partial charge in [-0.3, -0.25) is 4.79 Å². The average Bonchev–Trinajstić information content (AvgIpc) is 2.95. The van der Waals surface area contributed by atoms with Gasteiger partial charge in [-0.15, -0.1) is 0 Å². The molecule has 0 aromatic carbocycles. The van der Waals surface area contributed by atoms with Crippen LogP contribution in [0.4, 0.5) is 0 Å². The van der Waals surface area contributed by atoms with Gasteiger partial charge in [0.1, 0.15) is 6.10 Å². The van der Waals surface area contributed by atoms with Gasteiger partial charge in [0.15, 0.2) is 0 Å². The number of rotatable bonds is 13. The fraction of sp³-hybridized carbons (Fsp3) is 0.889. The summed E-state index contributed by atoms with van der Waals surface area (Å²) in [7, 11) is 0. The first kappa shape index (κ1) is 33.4. The van der Waals surface area contributed by atoms with E-state index in [4.69, 9.17) is 4.74 Å². The third-order valence-electron chi connectivity index (χ3n) is 10.1. The second-order valence-corrected chi connectivity index (χ2v) is 13.8. The number of allylic oxidation sites excluding steroid dienone is 1. The summed E-state index contributed by atoms with van der Waals surface area (Å²) in [6, 6.07) is 0. The third kappa shape index (κ3) is 13.0. The first-order chi connectivity index (χ1) is 18.3. The van der Waals surface area contributed by atoms with E-state index in [0.717, 1.165) is 61.7 Å². The van der Waals surface area contributed by atoms with E-state index >= 15 is 0 Å². The number of hydrogen-bond acceptors (Lipinski definition) is 2. The Morgan fingerprint density at radius 2 is 1.53 bits per heavy atom. The number of hydrogen-bond donors (Lipinski definition) is 0. The Morgan fingerprint density at radius 3 is 2.29 bits per heavy atom. The zero-order valence-corrected chi connectivity index (χ0v) is 26.4. The summed E-state index contributed by atoms with van der Waals surface area (Å²) in [5.41, 5.74) is 0. The SMILES string of the molecule is CCCCCCCCC(=O)O[C@@H]1C/C=C/C[C@H]2[CH]CC[C@H]([C@H](C)CCCC(C)C)[C@@H](C)CC[C@@H]2[C@@H](C)CC1. The van der Waals surface area contributed by atoms with Gasteiger partial charge in [0.2, 0.25) is 0 Å². The lowest BCUT2D eigenvalue weighted by molar-refractivity contribution is -0.149. The van der Waals surface area contributed by atoms with Crippen LogP contribution in [0.1, 0.15) is 157 Å². The van der Waals surface area contributed by atoms with Crippen molar-refractivity contribution in [3.8, 4) is 0 Å². The van der Waals surface area contributed by atoms with Gasteiger partial charge < -0.3 is 4.74 Å². The van der Waals surface area contributed by atoms with E-state index < -0.39 is 0 Å².